The van der Waals surface area contributed by atoms with Crippen LogP contribution in [0.5, 0.6) is 0 Å². The van der Waals surface area contributed by atoms with Crippen molar-refractivity contribution >= 4 is 17.2 Å². The fraction of sp³-hybridized carbons (Fsp3) is 0.294. The Morgan fingerprint density at radius 2 is 2.24 bits per heavy atom. The average molecular weight is 357 g/mol. The Kier molecular flexibility index (Phi) is 4.27. The van der Waals surface area contributed by atoms with E-state index in [1.165, 1.54) is 23.7 Å². The van der Waals surface area contributed by atoms with Gasteiger partial charge in [0.05, 0.1) is 17.2 Å². The van der Waals surface area contributed by atoms with Crippen LogP contribution in [-0.4, -0.2) is 25.7 Å². The summed E-state index contributed by atoms with van der Waals surface area (Å²) in [5.74, 6) is 0.347. The SMILES string of the molecule is O=C(NC1CCCn2ncnc21)c1cnc(Cc2ccccc2F)s1. The van der Waals surface area contributed by atoms with Gasteiger partial charge in [-0.3, -0.25) is 4.79 Å². The first kappa shape index (κ1) is 15.9. The molecule has 1 aliphatic rings. The summed E-state index contributed by atoms with van der Waals surface area (Å²) in [6.45, 7) is 0.828. The number of thiazole rings is 1. The van der Waals surface area contributed by atoms with Crippen molar-refractivity contribution in [2.75, 3.05) is 0 Å². The molecule has 0 bridgehead atoms. The predicted molar refractivity (Wildman–Crippen MR) is 90.8 cm³/mol. The van der Waals surface area contributed by atoms with Gasteiger partial charge in [0.2, 0.25) is 0 Å². The van der Waals surface area contributed by atoms with Crippen molar-refractivity contribution in [3.05, 3.63) is 63.9 Å². The Morgan fingerprint density at radius 1 is 1.36 bits per heavy atom. The number of nitrogens with one attached hydrogen (secondary N) is 1. The van der Waals surface area contributed by atoms with E-state index >= 15 is 0 Å². The average Bonchev–Trinajstić information content (AvgIpc) is 3.27. The number of nitrogens with zero attached hydrogens (tertiary/aromatic N) is 4. The van der Waals surface area contributed by atoms with Gasteiger partial charge in [-0.05, 0) is 24.5 Å². The highest BCUT2D eigenvalue weighted by molar-refractivity contribution is 7.13. The minimum atomic E-state index is -0.259. The summed E-state index contributed by atoms with van der Waals surface area (Å²) < 4.78 is 15.6. The highest BCUT2D eigenvalue weighted by Crippen LogP contribution is 2.24. The summed E-state index contributed by atoms with van der Waals surface area (Å²) in [4.78, 5) is 21.5. The van der Waals surface area contributed by atoms with Gasteiger partial charge >= 0.3 is 0 Å². The van der Waals surface area contributed by atoms with Crippen LogP contribution in [0.15, 0.2) is 36.8 Å². The van der Waals surface area contributed by atoms with Crippen LogP contribution in [0, 0.1) is 5.82 Å². The molecule has 3 heterocycles. The van der Waals surface area contributed by atoms with Crippen molar-refractivity contribution in [1.29, 1.82) is 0 Å². The van der Waals surface area contributed by atoms with E-state index in [9.17, 15) is 9.18 Å². The van der Waals surface area contributed by atoms with Crippen LogP contribution < -0.4 is 5.32 Å². The second-order valence-corrected chi connectivity index (χ2v) is 7.01. The van der Waals surface area contributed by atoms with Gasteiger partial charge in [-0.1, -0.05) is 18.2 Å². The van der Waals surface area contributed by atoms with Gasteiger partial charge in [-0.2, -0.15) is 5.10 Å². The van der Waals surface area contributed by atoms with Gasteiger partial charge in [0, 0.05) is 13.0 Å². The van der Waals surface area contributed by atoms with Crippen LogP contribution >= 0.6 is 11.3 Å². The number of carbonyl (C=O) groups excluding carboxylic acids is 1. The van der Waals surface area contributed by atoms with Crippen LogP contribution in [0.3, 0.4) is 0 Å². The molecule has 4 rings (SSSR count). The number of amides is 1. The molecule has 8 heteroatoms. The second kappa shape index (κ2) is 6.72. The quantitative estimate of drug-likeness (QED) is 0.779. The third kappa shape index (κ3) is 3.30. The zero-order chi connectivity index (χ0) is 17.2. The largest absolute Gasteiger partial charge is 0.341 e. The molecule has 0 aliphatic carbocycles. The van der Waals surface area contributed by atoms with E-state index in [1.54, 1.807) is 24.4 Å². The van der Waals surface area contributed by atoms with Crippen molar-refractivity contribution in [1.82, 2.24) is 25.1 Å². The second-order valence-electron chi connectivity index (χ2n) is 5.90. The van der Waals surface area contributed by atoms with Gasteiger partial charge in [-0.15, -0.1) is 11.3 Å². The smallest absolute Gasteiger partial charge is 0.263 e. The summed E-state index contributed by atoms with van der Waals surface area (Å²) in [6, 6.07) is 6.46. The van der Waals surface area contributed by atoms with Gasteiger partial charge < -0.3 is 5.32 Å². The van der Waals surface area contributed by atoms with Gasteiger partial charge in [0.1, 0.15) is 22.8 Å². The molecular formula is C17H16FN5OS. The van der Waals surface area contributed by atoms with Gasteiger partial charge in [0.15, 0.2) is 0 Å². The fourth-order valence-electron chi connectivity index (χ4n) is 2.96. The van der Waals surface area contributed by atoms with Crippen LogP contribution in [0.4, 0.5) is 4.39 Å². The standard InChI is InChI=1S/C17H16FN5OS/c18-12-5-2-1-4-11(12)8-15-19-9-14(25-15)17(24)22-13-6-3-7-23-16(13)20-10-21-23/h1-2,4-5,9-10,13H,3,6-8H2,(H,22,24). The molecule has 25 heavy (non-hydrogen) atoms. The third-order valence-corrected chi connectivity index (χ3v) is 5.20. The maximum absolute atomic E-state index is 13.7. The zero-order valence-corrected chi connectivity index (χ0v) is 14.2. The van der Waals surface area contributed by atoms with Gasteiger partial charge in [0.25, 0.3) is 5.91 Å². The molecule has 0 radical (unpaired) electrons. The number of aromatic nitrogens is 4. The van der Waals surface area contributed by atoms with Crippen molar-refractivity contribution in [3.63, 3.8) is 0 Å². The molecule has 0 spiro atoms. The van der Waals surface area contributed by atoms with Crippen LogP contribution in [0.1, 0.15) is 45.0 Å². The highest BCUT2D eigenvalue weighted by Gasteiger charge is 2.25. The maximum atomic E-state index is 13.7. The molecule has 1 aromatic carbocycles. The number of fused-ring (bicyclic) bond motifs is 1. The minimum absolute atomic E-state index is 0.138. The molecule has 0 saturated heterocycles. The Bertz CT molecular complexity index is 906. The summed E-state index contributed by atoms with van der Waals surface area (Å²) in [5.41, 5.74) is 0.573. The lowest BCUT2D eigenvalue weighted by atomic mass is 10.1. The van der Waals surface area contributed by atoms with E-state index in [0.29, 0.717) is 21.9 Å². The number of halogens is 1. The molecule has 128 valence electrons. The summed E-state index contributed by atoms with van der Waals surface area (Å²) in [7, 11) is 0. The van der Waals surface area contributed by atoms with E-state index in [4.69, 9.17) is 0 Å². The lowest BCUT2D eigenvalue weighted by molar-refractivity contribution is 0.0931. The van der Waals surface area contributed by atoms with E-state index < -0.39 is 0 Å². The highest BCUT2D eigenvalue weighted by atomic mass is 32.1. The predicted octanol–water partition coefficient (Wildman–Crippen LogP) is 2.73. The van der Waals surface area contributed by atoms with E-state index in [-0.39, 0.29) is 17.8 Å². The summed E-state index contributed by atoms with van der Waals surface area (Å²) in [6.07, 6.45) is 5.22. The Morgan fingerprint density at radius 3 is 3.12 bits per heavy atom. The Balaban J connectivity index is 1.46. The maximum Gasteiger partial charge on any atom is 0.263 e. The number of aryl methyl sites for hydroxylation is 1. The first-order valence-corrected chi connectivity index (χ1v) is 8.89. The fourth-order valence-corrected chi connectivity index (χ4v) is 3.80. The topological polar surface area (TPSA) is 72.7 Å². The monoisotopic (exact) mass is 357 g/mol. The number of rotatable bonds is 4. The third-order valence-electron chi connectivity index (χ3n) is 4.20. The van der Waals surface area contributed by atoms with Crippen molar-refractivity contribution in [2.24, 2.45) is 0 Å². The Hall–Kier alpha value is -2.61. The lowest BCUT2D eigenvalue weighted by Crippen LogP contribution is -2.32. The molecule has 6 nitrogen and oxygen atoms in total. The molecule has 1 N–H and O–H groups in total. The number of hydrogen-bond acceptors (Lipinski definition) is 5. The molecule has 0 fully saturated rings. The van der Waals surface area contributed by atoms with E-state index in [1.807, 2.05) is 4.68 Å². The molecule has 1 aliphatic heterocycles. The van der Waals surface area contributed by atoms with Crippen molar-refractivity contribution in [2.45, 2.75) is 31.8 Å². The normalized spacial score (nSPS) is 16.4. The minimum Gasteiger partial charge on any atom is -0.341 e. The first-order chi connectivity index (χ1) is 12.2. The Labute approximate surface area is 147 Å². The number of hydrogen-bond donors (Lipinski definition) is 1. The van der Waals surface area contributed by atoms with Crippen LogP contribution in [0.25, 0.3) is 0 Å². The molecule has 0 saturated carbocycles. The molecular weight excluding hydrogens is 341 g/mol. The van der Waals surface area contributed by atoms with Crippen LogP contribution in [0.2, 0.25) is 0 Å². The molecule has 1 atom stereocenters. The zero-order valence-electron chi connectivity index (χ0n) is 13.4. The first-order valence-electron chi connectivity index (χ1n) is 8.07. The summed E-state index contributed by atoms with van der Waals surface area (Å²) >= 11 is 1.28. The summed E-state index contributed by atoms with van der Waals surface area (Å²) in [5, 5.41) is 7.87. The van der Waals surface area contributed by atoms with E-state index in [2.05, 4.69) is 20.4 Å². The molecule has 2 aromatic heterocycles. The van der Waals surface area contributed by atoms with E-state index in [0.717, 1.165) is 25.2 Å². The number of carbonyl (C=O) groups is 1. The van der Waals surface area contributed by atoms with Crippen LogP contribution in [-0.2, 0) is 13.0 Å². The van der Waals surface area contributed by atoms with Gasteiger partial charge in [-0.25, -0.2) is 19.0 Å². The molecule has 3 aromatic rings. The lowest BCUT2D eigenvalue weighted by Gasteiger charge is -2.22. The van der Waals surface area contributed by atoms with Crippen molar-refractivity contribution < 1.29 is 9.18 Å². The molecule has 1 amide bonds. The number of benzene rings is 1. The van der Waals surface area contributed by atoms with Crippen molar-refractivity contribution in [3.8, 4) is 0 Å². The molecule has 1 unspecified atom stereocenters.